The summed E-state index contributed by atoms with van der Waals surface area (Å²) in [4.78, 5) is 25.5. The van der Waals surface area contributed by atoms with Crippen molar-refractivity contribution >= 4 is 50.4 Å². The maximum atomic E-state index is 12.9. The van der Waals surface area contributed by atoms with Gasteiger partial charge in [-0.3, -0.25) is 9.52 Å². The molecule has 0 atom stereocenters. The molecule has 1 amide bonds. The SMILES string of the molecule is CCN1c2ccccc2C(=O)N(C)c2cnc(Nc3ccc(NS(C)(=O)=O)cc3)nc21. The van der Waals surface area contributed by atoms with E-state index in [1.807, 2.05) is 30.0 Å². The van der Waals surface area contributed by atoms with E-state index in [1.165, 1.54) is 0 Å². The summed E-state index contributed by atoms with van der Waals surface area (Å²) in [5.74, 6) is 0.864. The standard InChI is InChI=1S/C21H22N6O3S/c1-4-27-17-8-6-5-7-16(17)20(28)26(2)18-13-22-21(24-19(18)27)23-14-9-11-15(12-10-14)25-31(3,29)30/h5-13,25H,4H2,1-3H3,(H,22,23,24). The normalized spacial score (nSPS) is 13.3. The summed E-state index contributed by atoms with van der Waals surface area (Å²) in [6.07, 6.45) is 2.72. The number of para-hydroxylation sites is 1. The number of rotatable bonds is 5. The molecule has 0 saturated heterocycles. The second-order valence-electron chi connectivity index (χ2n) is 7.10. The molecule has 160 valence electrons. The number of hydrogen-bond acceptors (Lipinski definition) is 7. The molecule has 2 heterocycles. The Morgan fingerprint density at radius 3 is 2.35 bits per heavy atom. The van der Waals surface area contributed by atoms with Crippen molar-refractivity contribution < 1.29 is 13.2 Å². The molecular weight excluding hydrogens is 416 g/mol. The third kappa shape index (κ3) is 4.15. The number of hydrogen-bond donors (Lipinski definition) is 2. The van der Waals surface area contributed by atoms with Crippen LogP contribution in [-0.4, -0.2) is 44.1 Å². The lowest BCUT2D eigenvalue weighted by atomic mass is 10.1. The topological polar surface area (TPSA) is 108 Å². The predicted octanol–water partition coefficient (Wildman–Crippen LogP) is 3.34. The summed E-state index contributed by atoms with van der Waals surface area (Å²) in [5.41, 5.74) is 3.17. The Morgan fingerprint density at radius 1 is 1.00 bits per heavy atom. The highest BCUT2D eigenvalue weighted by Gasteiger charge is 2.29. The van der Waals surface area contributed by atoms with Gasteiger partial charge < -0.3 is 15.1 Å². The predicted molar refractivity (Wildman–Crippen MR) is 122 cm³/mol. The number of amides is 1. The average Bonchev–Trinajstić information content (AvgIpc) is 2.82. The largest absolute Gasteiger partial charge is 0.324 e. The van der Waals surface area contributed by atoms with Crippen LogP contribution in [0.25, 0.3) is 0 Å². The summed E-state index contributed by atoms with van der Waals surface area (Å²) in [6.45, 7) is 2.62. The Bertz CT molecular complexity index is 1240. The summed E-state index contributed by atoms with van der Waals surface area (Å²) < 4.78 is 25.1. The molecule has 0 spiro atoms. The zero-order valence-electron chi connectivity index (χ0n) is 17.3. The molecule has 31 heavy (non-hydrogen) atoms. The first-order valence-corrected chi connectivity index (χ1v) is 11.5. The van der Waals surface area contributed by atoms with Crippen molar-refractivity contribution in [1.29, 1.82) is 0 Å². The van der Waals surface area contributed by atoms with Crippen molar-refractivity contribution in [3.05, 3.63) is 60.3 Å². The van der Waals surface area contributed by atoms with Crippen LogP contribution < -0.4 is 19.8 Å². The lowest BCUT2D eigenvalue weighted by molar-refractivity contribution is 0.0994. The molecule has 9 nitrogen and oxygen atoms in total. The van der Waals surface area contributed by atoms with Crippen molar-refractivity contribution in [3.63, 3.8) is 0 Å². The number of nitrogens with zero attached hydrogens (tertiary/aromatic N) is 4. The van der Waals surface area contributed by atoms with Gasteiger partial charge in [-0.25, -0.2) is 13.4 Å². The van der Waals surface area contributed by atoms with Crippen molar-refractivity contribution in [2.75, 3.05) is 39.7 Å². The van der Waals surface area contributed by atoms with E-state index in [0.717, 1.165) is 11.9 Å². The Balaban J connectivity index is 1.68. The Hall–Kier alpha value is -3.66. The minimum atomic E-state index is -3.34. The fraction of sp³-hybridized carbons (Fsp3) is 0.190. The van der Waals surface area contributed by atoms with Gasteiger partial charge in [0.25, 0.3) is 5.91 Å². The molecule has 1 aliphatic rings. The molecular formula is C21H22N6O3S. The molecule has 0 unspecified atom stereocenters. The van der Waals surface area contributed by atoms with E-state index in [1.54, 1.807) is 48.5 Å². The van der Waals surface area contributed by atoms with E-state index >= 15 is 0 Å². The Labute approximate surface area is 180 Å². The van der Waals surface area contributed by atoms with Crippen molar-refractivity contribution in [1.82, 2.24) is 9.97 Å². The van der Waals surface area contributed by atoms with Crippen LogP contribution in [0.2, 0.25) is 0 Å². The van der Waals surface area contributed by atoms with Gasteiger partial charge in [-0.05, 0) is 43.3 Å². The number of carbonyl (C=O) groups is 1. The lowest BCUT2D eigenvalue weighted by Crippen LogP contribution is -2.25. The second-order valence-corrected chi connectivity index (χ2v) is 8.85. The molecule has 10 heteroatoms. The zero-order valence-corrected chi connectivity index (χ0v) is 18.1. The maximum Gasteiger partial charge on any atom is 0.260 e. The summed E-state index contributed by atoms with van der Waals surface area (Å²) >= 11 is 0. The fourth-order valence-electron chi connectivity index (χ4n) is 3.44. The minimum absolute atomic E-state index is 0.119. The number of anilines is 6. The van der Waals surface area contributed by atoms with Crippen LogP contribution in [0.15, 0.2) is 54.7 Å². The van der Waals surface area contributed by atoms with Crippen LogP contribution in [0.3, 0.4) is 0 Å². The van der Waals surface area contributed by atoms with Crippen LogP contribution in [0.1, 0.15) is 17.3 Å². The van der Waals surface area contributed by atoms with Crippen molar-refractivity contribution in [3.8, 4) is 0 Å². The molecule has 1 aliphatic heterocycles. The molecule has 0 fully saturated rings. The monoisotopic (exact) mass is 438 g/mol. The first-order chi connectivity index (χ1) is 14.8. The van der Waals surface area contributed by atoms with E-state index in [4.69, 9.17) is 0 Å². The third-order valence-electron chi connectivity index (χ3n) is 4.86. The number of aromatic nitrogens is 2. The Kier molecular flexibility index (Phi) is 5.24. The maximum absolute atomic E-state index is 12.9. The number of carbonyl (C=O) groups excluding carboxylic acids is 1. The molecule has 2 aromatic carbocycles. The molecule has 2 N–H and O–H groups in total. The van der Waals surface area contributed by atoms with Crippen LogP contribution >= 0.6 is 0 Å². The highest BCUT2D eigenvalue weighted by atomic mass is 32.2. The van der Waals surface area contributed by atoms with Gasteiger partial charge in [0.05, 0.1) is 23.7 Å². The van der Waals surface area contributed by atoms with Crippen LogP contribution in [0.4, 0.5) is 34.5 Å². The smallest absolute Gasteiger partial charge is 0.260 e. The number of benzene rings is 2. The van der Waals surface area contributed by atoms with Gasteiger partial charge in [-0.1, -0.05) is 12.1 Å². The quantitative estimate of drug-likeness (QED) is 0.629. The van der Waals surface area contributed by atoms with Gasteiger partial charge in [0.2, 0.25) is 16.0 Å². The van der Waals surface area contributed by atoms with Crippen LogP contribution in [0, 0.1) is 0 Å². The molecule has 0 aliphatic carbocycles. The summed E-state index contributed by atoms with van der Waals surface area (Å²) in [7, 11) is -1.63. The lowest BCUT2D eigenvalue weighted by Gasteiger charge is -2.24. The highest BCUT2D eigenvalue weighted by Crippen LogP contribution is 2.38. The number of sulfonamides is 1. The molecule has 0 radical (unpaired) electrons. The number of nitrogens with one attached hydrogen (secondary N) is 2. The Morgan fingerprint density at radius 2 is 1.68 bits per heavy atom. The first kappa shape index (κ1) is 20.6. The first-order valence-electron chi connectivity index (χ1n) is 9.63. The van der Waals surface area contributed by atoms with Gasteiger partial charge >= 0.3 is 0 Å². The fourth-order valence-corrected chi connectivity index (χ4v) is 4.01. The van der Waals surface area contributed by atoms with Crippen molar-refractivity contribution in [2.45, 2.75) is 6.92 Å². The van der Waals surface area contributed by atoms with E-state index in [0.29, 0.717) is 40.9 Å². The van der Waals surface area contributed by atoms with E-state index in [-0.39, 0.29) is 5.91 Å². The summed E-state index contributed by atoms with van der Waals surface area (Å²) in [6, 6.07) is 14.2. The van der Waals surface area contributed by atoms with Gasteiger partial charge in [0.15, 0.2) is 5.82 Å². The molecule has 3 aromatic rings. The van der Waals surface area contributed by atoms with E-state index in [9.17, 15) is 13.2 Å². The number of fused-ring (bicyclic) bond motifs is 2. The van der Waals surface area contributed by atoms with Gasteiger partial charge in [0, 0.05) is 25.0 Å². The van der Waals surface area contributed by atoms with E-state index in [2.05, 4.69) is 20.0 Å². The van der Waals surface area contributed by atoms with E-state index < -0.39 is 10.0 Å². The van der Waals surface area contributed by atoms with Gasteiger partial charge in [-0.2, -0.15) is 4.98 Å². The van der Waals surface area contributed by atoms with Gasteiger partial charge in [0.1, 0.15) is 5.69 Å². The molecule has 0 bridgehead atoms. The minimum Gasteiger partial charge on any atom is -0.324 e. The zero-order chi connectivity index (χ0) is 22.2. The second kappa shape index (κ2) is 7.88. The molecule has 0 saturated carbocycles. The third-order valence-corrected chi connectivity index (χ3v) is 5.46. The average molecular weight is 439 g/mol. The summed E-state index contributed by atoms with van der Waals surface area (Å²) in [5, 5.41) is 3.13. The molecule has 4 rings (SSSR count). The highest BCUT2D eigenvalue weighted by molar-refractivity contribution is 7.92. The van der Waals surface area contributed by atoms with Crippen LogP contribution in [0.5, 0.6) is 0 Å². The van der Waals surface area contributed by atoms with Gasteiger partial charge in [-0.15, -0.1) is 0 Å². The van der Waals surface area contributed by atoms with Crippen LogP contribution in [-0.2, 0) is 10.0 Å². The van der Waals surface area contributed by atoms with Crippen molar-refractivity contribution in [2.24, 2.45) is 0 Å². The molecule has 1 aromatic heterocycles.